The Morgan fingerprint density at radius 1 is 0.571 bits per heavy atom. The van der Waals surface area contributed by atoms with Crippen LogP contribution < -0.4 is 9.47 Å². The van der Waals surface area contributed by atoms with Gasteiger partial charge in [-0.2, -0.15) is 0 Å². The summed E-state index contributed by atoms with van der Waals surface area (Å²) < 4.78 is 14.1. The van der Waals surface area contributed by atoms with Crippen LogP contribution in [-0.2, 0) is 5.41 Å². The molecule has 0 amide bonds. The van der Waals surface area contributed by atoms with Crippen LogP contribution in [0.1, 0.15) is 22.3 Å². The van der Waals surface area contributed by atoms with E-state index >= 15 is 0 Å². The van der Waals surface area contributed by atoms with Crippen LogP contribution in [0.15, 0.2) is 93.9 Å². The standard InChI is InChI=1S/C29H24Br2O4/c30-19-9-11-21-22-12-10-20(31)18-26(22)29(25(21)17-19,23-5-1-3-7-27(23)34-15-13-32)24-6-2-4-8-28(24)35-16-14-33/h1-12,17-18,32-33H,13-16H2. The fraction of sp³-hybridized carbons (Fsp3) is 0.172. The molecule has 0 spiro atoms. The first kappa shape index (κ1) is 24.1. The number of rotatable bonds is 8. The summed E-state index contributed by atoms with van der Waals surface area (Å²) >= 11 is 7.41. The molecule has 35 heavy (non-hydrogen) atoms. The molecular formula is C29H24Br2O4. The van der Waals surface area contributed by atoms with Crippen LogP contribution in [0.3, 0.4) is 0 Å². The Kier molecular flexibility index (Phi) is 6.98. The Bertz CT molecular complexity index is 1260. The van der Waals surface area contributed by atoms with Gasteiger partial charge in [-0.25, -0.2) is 0 Å². The van der Waals surface area contributed by atoms with E-state index in [2.05, 4.69) is 80.4 Å². The Morgan fingerprint density at radius 2 is 1.00 bits per heavy atom. The van der Waals surface area contributed by atoms with Crippen LogP contribution in [0.25, 0.3) is 11.1 Å². The third kappa shape index (κ3) is 4.08. The minimum absolute atomic E-state index is 0.0815. The summed E-state index contributed by atoms with van der Waals surface area (Å²) in [6.07, 6.45) is 0. The summed E-state index contributed by atoms with van der Waals surface area (Å²) in [6, 6.07) is 28.7. The number of aliphatic hydroxyl groups excluding tert-OH is 2. The largest absolute Gasteiger partial charge is 0.491 e. The first-order valence-electron chi connectivity index (χ1n) is 11.4. The number of ether oxygens (including phenoxy) is 2. The number of fused-ring (bicyclic) bond motifs is 3. The van der Waals surface area contributed by atoms with Gasteiger partial charge in [0.2, 0.25) is 0 Å². The molecule has 5 rings (SSSR count). The van der Waals surface area contributed by atoms with Gasteiger partial charge in [0.1, 0.15) is 24.7 Å². The number of hydrogen-bond donors (Lipinski definition) is 2. The molecule has 0 aromatic heterocycles. The van der Waals surface area contributed by atoms with Gasteiger partial charge >= 0.3 is 0 Å². The first-order chi connectivity index (χ1) is 17.1. The third-order valence-corrected chi connectivity index (χ3v) is 7.33. The Labute approximate surface area is 221 Å². The van der Waals surface area contributed by atoms with Crippen molar-refractivity contribution in [1.29, 1.82) is 0 Å². The van der Waals surface area contributed by atoms with Gasteiger partial charge in [-0.05, 0) is 58.7 Å². The molecule has 0 fully saturated rings. The van der Waals surface area contributed by atoms with Crippen molar-refractivity contribution in [3.63, 3.8) is 0 Å². The maximum Gasteiger partial charge on any atom is 0.124 e. The molecule has 0 atom stereocenters. The van der Waals surface area contributed by atoms with E-state index in [-0.39, 0.29) is 26.4 Å². The van der Waals surface area contributed by atoms with E-state index in [4.69, 9.17) is 9.47 Å². The van der Waals surface area contributed by atoms with Crippen molar-refractivity contribution < 1.29 is 19.7 Å². The number of para-hydroxylation sites is 2. The van der Waals surface area contributed by atoms with Gasteiger partial charge in [0, 0.05) is 20.1 Å². The molecule has 0 saturated carbocycles. The zero-order chi connectivity index (χ0) is 24.4. The smallest absolute Gasteiger partial charge is 0.124 e. The molecule has 0 aliphatic heterocycles. The summed E-state index contributed by atoms with van der Waals surface area (Å²) in [5.41, 5.74) is 5.58. The van der Waals surface area contributed by atoms with Crippen molar-refractivity contribution in [2.45, 2.75) is 5.41 Å². The average Bonchev–Trinajstić information content (AvgIpc) is 3.15. The minimum Gasteiger partial charge on any atom is -0.491 e. The second kappa shape index (κ2) is 10.2. The molecule has 0 bridgehead atoms. The zero-order valence-electron chi connectivity index (χ0n) is 18.9. The molecule has 1 aliphatic rings. The van der Waals surface area contributed by atoms with Crippen LogP contribution in [-0.4, -0.2) is 36.6 Å². The van der Waals surface area contributed by atoms with Crippen molar-refractivity contribution in [2.75, 3.05) is 26.4 Å². The number of hydrogen-bond acceptors (Lipinski definition) is 4. The van der Waals surface area contributed by atoms with Crippen molar-refractivity contribution >= 4 is 31.9 Å². The molecule has 4 aromatic rings. The molecule has 1 aliphatic carbocycles. The molecule has 0 saturated heterocycles. The van der Waals surface area contributed by atoms with E-state index in [9.17, 15) is 10.2 Å². The van der Waals surface area contributed by atoms with Crippen LogP contribution in [0.2, 0.25) is 0 Å². The van der Waals surface area contributed by atoms with E-state index < -0.39 is 5.41 Å². The van der Waals surface area contributed by atoms with Gasteiger partial charge in [-0.3, -0.25) is 0 Å². The van der Waals surface area contributed by atoms with E-state index in [0.29, 0.717) is 11.5 Å². The van der Waals surface area contributed by atoms with Crippen molar-refractivity contribution in [2.24, 2.45) is 0 Å². The zero-order valence-corrected chi connectivity index (χ0v) is 22.1. The number of halogens is 2. The first-order valence-corrected chi connectivity index (χ1v) is 13.0. The van der Waals surface area contributed by atoms with E-state index in [1.54, 1.807) is 0 Å². The highest BCUT2D eigenvalue weighted by Crippen LogP contribution is 2.60. The van der Waals surface area contributed by atoms with Gasteiger partial charge in [0.05, 0.1) is 18.6 Å². The number of aliphatic hydroxyl groups is 2. The highest BCUT2D eigenvalue weighted by atomic mass is 79.9. The fourth-order valence-electron chi connectivity index (χ4n) is 5.11. The molecule has 0 unspecified atom stereocenters. The SMILES string of the molecule is OCCOc1ccccc1C1(c2ccccc2OCCO)c2cc(Br)ccc2-c2ccc(Br)cc21. The quantitative estimate of drug-likeness (QED) is 0.220. The normalized spacial score (nSPS) is 13.3. The van der Waals surface area contributed by atoms with Gasteiger partial charge in [0.15, 0.2) is 0 Å². The predicted octanol–water partition coefficient (Wildman–Crippen LogP) is 6.32. The molecule has 0 radical (unpaired) electrons. The molecule has 4 nitrogen and oxygen atoms in total. The average molecular weight is 596 g/mol. The predicted molar refractivity (Wildman–Crippen MR) is 144 cm³/mol. The van der Waals surface area contributed by atoms with Gasteiger partial charge in [0.25, 0.3) is 0 Å². The van der Waals surface area contributed by atoms with E-state index in [0.717, 1.165) is 42.3 Å². The van der Waals surface area contributed by atoms with Crippen LogP contribution in [0.5, 0.6) is 11.5 Å². The summed E-state index contributed by atoms with van der Waals surface area (Å²) in [5, 5.41) is 19.0. The molecular weight excluding hydrogens is 572 g/mol. The fourth-order valence-corrected chi connectivity index (χ4v) is 5.83. The molecule has 0 heterocycles. The van der Waals surface area contributed by atoms with Gasteiger partial charge in [-0.15, -0.1) is 0 Å². The van der Waals surface area contributed by atoms with Gasteiger partial charge in [-0.1, -0.05) is 80.4 Å². The second-order valence-corrected chi connectivity index (χ2v) is 10.1. The second-order valence-electron chi connectivity index (χ2n) is 8.27. The monoisotopic (exact) mass is 594 g/mol. The summed E-state index contributed by atoms with van der Waals surface area (Å²) in [6.45, 7) is 0.211. The van der Waals surface area contributed by atoms with Crippen molar-refractivity contribution in [3.8, 4) is 22.6 Å². The Hall–Kier alpha value is -2.64. The lowest BCUT2D eigenvalue weighted by Gasteiger charge is -2.36. The summed E-state index contributed by atoms with van der Waals surface area (Å²) in [7, 11) is 0. The van der Waals surface area contributed by atoms with Crippen LogP contribution >= 0.6 is 31.9 Å². The van der Waals surface area contributed by atoms with Crippen molar-refractivity contribution in [1.82, 2.24) is 0 Å². The highest BCUT2D eigenvalue weighted by molar-refractivity contribution is 9.10. The molecule has 2 N–H and O–H groups in total. The Morgan fingerprint density at radius 3 is 1.43 bits per heavy atom. The van der Waals surface area contributed by atoms with Crippen LogP contribution in [0, 0.1) is 0 Å². The Balaban J connectivity index is 1.94. The topological polar surface area (TPSA) is 58.9 Å². The molecule has 4 aromatic carbocycles. The lowest BCUT2D eigenvalue weighted by molar-refractivity contribution is 0.197. The summed E-state index contributed by atoms with van der Waals surface area (Å²) in [5.74, 6) is 1.38. The van der Waals surface area contributed by atoms with Crippen LogP contribution in [0.4, 0.5) is 0 Å². The van der Waals surface area contributed by atoms with E-state index in [1.165, 1.54) is 0 Å². The van der Waals surface area contributed by atoms with Gasteiger partial charge < -0.3 is 19.7 Å². The highest BCUT2D eigenvalue weighted by Gasteiger charge is 2.49. The lowest BCUT2D eigenvalue weighted by atomic mass is 9.67. The maximum atomic E-state index is 9.51. The third-order valence-electron chi connectivity index (χ3n) is 6.34. The maximum absolute atomic E-state index is 9.51. The minimum atomic E-state index is -0.768. The van der Waals surface area contributed by atoms with E-state index in [1.807, 2.05) is 36.4 Å². The molecule has 178 valence electrons. The number of benzene rings is 4. The lowest BCUT2D eigenvalue weighted by Crippen LogP contribution is -2.30. The van der Waals surface area contributed by atoms with Crippen molar-refractivity contribution in [3.05, 3.63) is 116 Å². The molecule has 6 heteroatoms. The summed E-state index contributed by atoms with van der Waals surface area (Å²) in [4.78, 5) is 0.